The molecule has 15 heavy (non-hydrogen) atoms. The van der Waals surface area contributed by atoms with Gasteiger partial charge in [-0.1, -0.05) is 0 Å². The SMILES string of the molecule is CN1C(=O)Cc2cc(N)cc(C(=O)O)c21. The van der Waals surface area contributed by atoms with E-state index < -0.39 is 5.97 Å². The van der Waals surface area contributed by atoms with Crippen LogP contribution in [0.5, 0.6) is 0 Å². The van der Waals surface area contributed by atoms with Gasteiger partial charge in [0, 0.05) is 12.7 Å². The number of nitrogens with two attached hydrogens (primary N) is 1. The van der Waals surface area contributed by atoms with Gasteiger partial charge in [0.25, 0.3) is 0 Å². The molecule has 0 radical (unpaired) electrons. The van der Waals surface area contributed by atoms with Crippen molar-refractivity contribution in [1.82, 2.24) is 0 Å². The summed E-state index contributed by atoms with van der Waals surface area (Å²) < 4.78 is 0. The van der Waals surface area contributed by atoms with Crippen molar-refractivity contribution in [3.8, 4) is 0 Å². The van der Waals surface area contributed by atoms with E-state index in [0.717, 1.165) is 0 Å². The van der Waals surface area contributed by atoms with Crippen LogP contribution in [0.2, 0.25) is 0 Å². The highest BCUT2D eigenvalue weighted by Gasteiger charge is 2.29. The first-order valence-electron chi connectivity index (χ1n) is 4.43. The largest absolute Gasteiger partial charge is 0.478 e. The summed E-state index contributed by atoms with van der Waals surface area (Å²) >= 11 is 0. The second-order valence-electron chi connectivity index (χ2n) is 3.51. The number of carboxylic acids is 1. The average molecular weight is 206 g/mol. The molecule has 1 aliphatic rings. The van der Waals surface area contributed by atoms with Crippen molar-refractivity contribution in [3.63, 3.8) is 0 Å². The number of nitrogen functional groups attached to an aromatic ring is 1. The van der Waals surface area contributed by atoms with Crippen LogP contribution in [-0.4, -0.2) is 24.0 Å². The predicted octanol–water partition coefficient (Wildman–Crippen LogP) is 0.486. The topological polar surface area (TPSA) is 83.6 Å². The minimum atomic E-state index is -1.07. The number of fused-ring (bicyclic) bond motifs is 1. The van der Waals surface area contributed by atoms with Crippen molar-refractivity contribution in [2.45, 2.75) is 6.42 Å². The fraction of sp³-hybridized carbons (Fsp3) is 0.200. The Labute approximate surface area is 86.1 Å². The molecule has 5 nitrogen and oxygen atoms in total. The lowest BCUT2D eigenvalue weighted by molar-refractivity contribution is -0.117. The van der Waals surface area contributed by atoms with E-state index in [1.807, 2.05) is 0 Å². The monoisotopic (exact) mass is 206 g/mol. The third kappa shape index (κ3) is 1.32. The minimum absolute atomic E-state index is 0.0818. The predicted molar refractivity (Wildman–Crippen MR) is 54.9 cm³/mol. The Hall–Kier alpha value is -2.04. The summed E-state index contributed by atoms with van der Waals surface area (Å²) in [6.45, 7) is 0. The summed E-state index contributed by atoms with van der Waals surface area (Å²) in [5.41, 5.74) is 7.16. The Balaban J connectivity index is 2.69. The van der Waals surface area contributed by atoms with Crippen LogP contribution in [0.25, 0.3) is 0 Å². The fourth-order valence-corrected chi connectivity index (χ4v) is 1.82. The number of likely N-dealkylation sites (N-methyl/N-ethyl adjacent to an activating group) is 1. The Kier molecular flexibility index (Phi) is 1.89. The standard InChI is InChI=1S/C10H10N2O3/c1-12-8(13)3-5-2-6(11)4-7(9(5)12)10(14)15/h2,4H,3,11H2,1H3,(H,14,15). The van der Waals surface area contributed by atoms with E-state index in [1.165, 1.54) is 11.0 Å². The second kappa shape index (κ2) is 2.98. The summed E-state index contributed by atoms with van der Waals surface area (Å²) in [7, 11) is 1.57. The zero-order valence-corrected chi connectivity index (χ0v) is 8.15. The quantitative estimate of drug-likeness (QED) is 0.655. The summed E-state index contributed by atoms with van der Waals surface area (Å²) in [5.74, 6) is -1.18. The number of hydrogen-bond donors (Lipinski definition) is 2. The van der Waals surface area contributed by atoms with Gasteiger partial charge in [-0.25, -0.2) is 4.79 Å². The molecule has 1 amide bonds. The van der Waals surface area contributed by atoms with E-state index >= 15 is 0 Å². The van der Waals surface area contributed by atoms with E-state index in [9.17, 15) is 9.59 Å². The molecule has 0 aromatic heterocycles. The Morgan fingerprint density at radius 3 is 2.80 bits per heavy atom. The molecule has 0 spiro atoms. The molecular formula is C10H10N2O3. The van der Waals surface area contributed by atoms with Crippen LogP contribution in [0.3, 0.4) is 0 Å². The number of aromatic carboxylic acids is 1. The molecule has 0 atom stereocenters. The Morgan fingerprint density at radius 2 is 2.20 bits per heavy atom. The van der Waals surface area contributed by atoms with Crippen LogP contribution >= 0.6 is 0 Å². The number of rotatable bonds is 1. The van der Waals surface area contributed by atoms with E-state index in [4.69, 9.17) is 10.8 Å². The van der Waals surface area contributed by atoms with Crippen LogP contribution in [0, 0.1) is 0 Å². The first-order valence-corrected chi connectivity index (χ1v) is 4.43. The molecule has 78 valence electrons. The molecule has 0 fully saturated rings. The molecule has 0 saturated carbocycles. The van der Waals surface area contributed by atoms with Gasteiger partial charge < -0.3 is 15.7 Å². The molecule has 1 aliphatic heterocycles. The Bertz CT molecular complexity index is 468. The lowest BCUT2D eigenvalue weighted by atomic mass is 10.1. The number of nitrogens with zero attached hydrogens (tertiary/aromatic N) is 1. The van der Waals surface area contributed by atoms with E-state index in [-0.39, 0.29) is 17.9 Å². The zero-order chi connectivity index (χ0) is 11.2. The van der Waals surface area contributed by atoms with Crippen molar-refractivity contribution in [2.75, 3.05) is 17.7 Å². The molecule has 0 aliphatic carbocycles. The zero-order valence-electron chi connectivity index (χ0n) is 8.15. The molecule has 0 saturated heterocycles. The number of anilines is 2. The summed E-state index contributed by atoms with van der Waals surface area (Å²) in [6.07, 6.45) is 0.219. The highest BCUT2D eigenvalue weighted by atomic mass is 16.4. The van der Waals surface area contributed by atoms with Gasteiger partial charge in [-0.3, -0.25) is 4.79 Å². The molecule has 1 heterocycles. The first kappa shape index (κ1) is 9.51. The summed E-state index contributed by atoms with van der Waals surface area (Å²) in [6, 6.07) is 3.01. The maximum absolute atomic E-state index is 11.4. The van der Waals surface area contributed by atoms with E-state index in [1.54, 1.807) is 13.1 Å². The van der Waals surface area contributed by atoms with Gasteiger partial charge in [0.15, 0.2) is 0 Å². The summed E-state index contributed by atoms with van der Waals surface area (Å²) in [4.78, 5) is 23.7. The smallest absolute Gasteiger partial charge is 0.337 e. The fourth-order valence-electron chi connectivity index (χ4n) is 1.82. The van der Waals surface area contributed by atoms with Crippen LogP contribution < -0.4 is 10.6 Å². The minimum Gasteiger partial charge on any atom is -0.478 e. The van der Waals surface area contributed by atoms with Crippen LogP contribution in [0.15, 0.2) is 12.1 Å². The number of amides is 1. The molecule has 1 aromatic carbocycles. The van der Waals surface area contributed by atoms with Crippen LogP contribution in [0.1, 0.15) is 15.9 Å². The van der Waals surface area contributed by atoms with Gasteiger partial charge in [0.1, 0.15) is 0 Å². The van der Waals surface area contributed by atoms with Gasteiger partial charge in [-0.15, -0.1) is 0 Å². The number of carbonyl (C=O) groups is 2. The van der Waals surface area contributed by atoms with Gasteiger partial charge in [0.2, 0.25) is 5.91 Å². The van der Waals surface area contributed by atoms with Crippen molar-refractivity contribution in [2.24, 2.45) is 0 Å². The van der Waals surface area contributed by atoms with Crippen LogP contribution in [0.4, 0.5) is 11.4 Å². The highest BCUT2D eigenvalue weighted by Crippen LogP contribution is 2.33. The maximum Gasteiger partial charge on any atom is 0.337 e. The first-order chi connectivity index (χ1) is 7.00. The van der Waals surface area contributed by atoms with E-state index in [2.05, 4.69) is 0 Å². The van der Waals surface area contributed by atoms with Crippen molar-refractivity contribution < 1.29 is 14.7 Å². The third-order valence-electron chi connectivity index (χ3n) is 2.49. The Morgan fingerprint density at radius 1 is 1.53 bits per heavy atom. The molecule has 0 unspecified atom stereocenters. The van der Waals surface area contributed by atoms with Gasteiger partial charge in [-0.05, 0) is 17.7 Å². The van der Waals surface area contributed by atoms with Gasteiger partial charge in [0.05, 0.1) is 17.7 Å². The normalized spacial score (nSPS) is 14.2. The van der Waals surface area contributed by atoms with Crippen molar-refractivity contribution in [1.29, 1.82) is 0 Å². The lowest BCUT2D eigenvalue weighted by Gasteiger charge is -2.13. The number of carbonyl (C=O) groups excluding carboxylic acids is 1. The highest BCUT2D eigenvalue weighted by molar-refractivity contribution is 6.08. The third-order valence-corrected chi connectivity index (χ3v) is 2.49. The molecule has 5 heteroatoms. The maximum atomic E-state index is 11.4. The van der Waals surface area contributed by atoms with Crippen LogP contribution in [-0.2, 0) is 11.2 Å². The van der Waals surface area contributed by atoms with Gasteiger partial charge in [-0.2, -0.15) is 0 Å². The molecule has 1 aromatic rings. The lowest BCUT2D eigenvalue weighted by Crippen LogP contribution is -2.22. The second-order valence-corrected chi connectivity index (χ2v) is 3.51. The molecular weight excluding hydrogens is 196 g/mol. The summed E-state index contributed by atoms with van der Waals surface area (Å²) in [5, 5.41) is 8.98. The van der Waals surface area contributed by atoms with Crippen molar-refractivity contribution in [3.05, 3.63) is 23.3 Å². The van der Waals surface area contributed by atoms with E-state index in [0.29, 0.717) is 16.9 Å². The average Bonchev–Trinajstić information content (AvgIpc) is 2.41. The molecule has 0 bridgehead atoms. The molecule has 2 rings (SSSR count). The number of benzene rings is 1. The molecule has 3 N–H and O–H groups in total. The number of hydrogen-bond acceptors (Lipinski definition) is 3. The van der Waals surface area contributed by atoms with Crippen molar-refractivity contribution >= 4 is 23.3 Å². The van der Waals surface area contributed by atoms with Gasteiger partial charge >= 0.3 is 5.97 Å². The number of carboxylic acid groups (broad SMARTS) is 1.